The highest BCUT2D eigenvalue weighted by Crippen LogP contribution is 2.34. The summed E-state index contributed by atoms with van der Waals surface area (Å²) in [5.41, 5.74) is 6.16. The lowest BCUT2D eigenvalue weighted by molar-refractivity contribution is 0.880. The van der Waals surface area contributed by atoms with E-state index in [0.29, 0.717) is 11.7 Å². The van der Waals surface area contributed by atoms with Gasteiger partial charge in [-0.1, -0.05) is 103 Å². The first-order chi connectivity index (χ1) is 19.2. The van der Waals surface area contributed by atoms with Crippen molar-refractivity contribution in [2.45, 2.75) is 13.1 Å². The average Bonchev–Trinajstić information content (AvgIpc) is 3.00. The Bertz CT molecular complexity index is 1920. The van der Waals surface area contributed by atoms with Crippen LogP contribution in [-0.4, -0.2) is 16.7 Å². The van der Waals surface area contributed by atoms with Crippen LogP contribution in [-0.2, 0) is 0 Å². The second-order valence-electron chi connectivity index (χ2n) is 9.78. The van der Waals surface area contributed by atoms with Crippen molar-refractivity contribution in [1.29, 1.82) is 0 Å². The number of pyridine rings is 1. The number of rotatable bonds is 4. The summed E-state index contributed by atoms with van der Waals surface area (Å²) < 4.78 is 0. The van der Waals surface area contributed by atoms with Gasteiger partial charge in [0.15, 0.2) is 0 Å². The van der Waals surface area contributed by atoms with Crippen LogP contribution in [0.4, 0.5) is 0 Å². The number of nitrogens with zero attached hydrogens (tertiary/aromatic N) is 4. The second-order valence-corrected chi connectivity index (χ2v) is 9.78. The minimum absolute atomic E-state index is 0.396. The molecule has 0 fully saturated rings. The molecule has 6 aromatic rings. The first-order valence-corrected chi connectivity index (χ1v) is 13.1. The van der Waals surface area contributed by atoms with Crippen molar-refractivity contribution in [2.24, 2.45) is 9.98 Å². The Morgan fingerprint density at radius 1 is 0.590 bits per heavy atom. The fourth-order valence-electron chi connectivity index (χ4n) is 5.16. The van der Waals surface area contributed by atoms with Gasteiger partial charge in [-0.25, -0.2) is 0 Å². The van der Waals surface area contributed by atoms with Crippen LogP contribution in [0.5, 0.6) is 0 Å². The van der Waals surface area contributed by atoms with Gasteiger partial charge in [-0.2, -0.15) is 0 Å². The number of fused-ring (bicyclic) bond motifs is 2. The van der Waals surface area contributed by atoms with Crippen molar-refractivity contribution in [3.8, 4) is 11.1 Å². The highest BCUT2D eigenvalue weighted by atomic mass is 15.2. The van der Waals surface area contributed by atoms with Crippen LogP contribution in [0.15, 0.2) is 138 Å². The summed E-state index contributed by atoms with van der Waals surface area (Å²) in [5, 5.41) is 9.79. The average molecular weight is 502 g/mol. The molecule has 0 spiro atoms. The predicted molar refractivity (Wildman–Crippen MR) is 161 cm³/mol. The molecule has 0 radical (unpaired) electrons. The van der Waals surface area contributed by atoms with Crippen LogP contribution in [0, 0.1) is 6.92 Å². The van der Waals surface area contributed by atoms with E-state index in [2.05, 4.69) is 120 Å². The lowest BCUT2D eigenvalue weighted by Gasteiger charge is -2.32. The van der Waals surface area contributed by atoms with Crippen LogP contribution in [0.2, 0.25) is 0 Å². The fourth-order valence-corrected chi connectivity index (χ4v) is 5.16. The highest BCUT2D eigenvalue weighted by Gasteiger charge is 2.15. The largest absolute Gasteiger partial charge is 0.438 e. The number of hydrogen-bond acceptors (Lipinski definition) is 3. The Morgan fingerprint density at radius 2 is 1.31 bits per heavy atom. The van der Waals surface area contributed by atoms with Gasteiger partial charge < -0.3 is 10.3 Å². The number of aromatic nitrogens is 1. The molecule has 1 aliphatic heterocycles. The lowest BCUT2D eigenvalue weighted by atomic mass is 10.0. The number of amidine groups is 2. The summed E-state index contributed by atoms with van der Waals surface area (Å²) in [6.07, 6.45) is 1.43. The molecule has 4 heteroatoms. The van der Waals surface area contributed by atoms with Gasteiger partial charge in [-0.15, -0.1) is 0 Å². The summed E-state index contributed by atoms with van der Waals surface area (Å²) >= 11 is 0. The molecule has 0 bridgehead atoms. The Kier molecular flexibility index (Phi) is 5.71. The zero-order valence-corrected chi connectivity index (χ0v) is 21.5. The number of hydrogen-bond donors (Lipinski definition) is 0. The van der Waals surface area contributed by atoms with Crippen LogP contribution < -0.4 is 0 Å². The topological polar surface area (TPSA) is 51.7 Å². The van der Waals surface area contributed by atoms with Crippen LogP contribution in [0.1, 0.15) is 28.6 Å². The molecule has 0 N–H and O–H groups in total. The van der Waals surface area contributed by atoms with E-state index >= 15 is 0 Å². The van der Waals surface area contributed by atoms with Gasteiger partial charge >= 0.3 is 0 Å². The Labute approximate surface area is 227 Å². The zero-order valence-electron chi connectivity index (χ0n) is 21.5. The normalized spacial score (nSPS) is 15.1. The first kappa shape index (κ1) is 23.1. The standard InChI is InChI=1S/C35H25N4/c1-23-32(14-7-19-36-23)28-12-6-13-29(22-28)33-37-34(30-17-15-24-8-2-4-10-26(24)20-30)39-35(38-33)31-18-16-25-9-3-5-11-27(25)21-31/h2-22,34H,1H3/q-1. The van der Waals surface area contributed by atoms with Gasteiger partial charge in [0.1, 0.15) is 0 Å². The molecule has 5 aromatic carbocycles. The van der Waals surface area contributed by atoms with E-state index in [1.54, 1.807) is 0 Å². The Balaban J connectivity index is 1.35. The molecule has 1 aliphatic rings. The summed E-state index contributed by atoms with van der Waals surface area (Å²) in [7, 11) is 0. The molecule has 0 aliphatic carbocycles. The van der Waals surface area contributed by atoms with Crippen molar-refractivity contribution in [3.05, 3.63) is 155 Å². The van der Waals surface area contributed by atoms with Crippen molar-refractivity contribution in [3.63, 3.8) is 0 Å². The van der Waals surface area contributed by atoms with E-state index < -0.39 is 6.17 Å². The summed E-state index contributed by atoms with van der Waals surface area (Å²) in [4.78, 5) is 14.5. The molecule has 7 rings (SSSR count). The van der Waals surface area contributed by atoms with Gasteiger partial charge in [0.25, 0.3) is 0 Å². The molecule has 1 unspecified atom stereocenters. The molecule has 2 heterocycles. The predicted octanol–water partition coefficient (Wildman–Crippen LogP) is 8.64. The summed E-state index contributed by atoms with van der Waals surface area (Å²) in [6.45, 7) is 2.03. The van der Waals surface area contributed by atoms with E-state index in [1.807, 2.05) is 19.2 Å². The quantitative estimate of drug-likeness (QED) is 0.238. The van der Waals surface area contributed by atoms with Crippen molar-refractivity contribution in [1.82, 2.24) is 4.98 Å². The third-order valence-electron chi connectivity index (χ3n) is 7.22. The third kappa shape index (κ3) is 4.47. The maximum atomic E-state index is 5.07. The molecule has 0 saturated heterocycles. The SMILES string of the molecule is Cc1ncccc1-c1cccc(C2=NC(c3ccc4ccccc4c3)=NC(c3ccc4ccccc4c3)[N-]2)c1. The van der Waals surface area contributed by atoms with Crippen molar-refractivity contribution >= 4 is 33.2 Å². The number of aliphatic imine (C=N–C) groups is 2. The van der Waals surface area contributed by atoms with Crippen molar-refractivity contribution < 1.29 is 0 Å². The van der Waals surface area contributed by atoms with Crippen LogP contribution in [0.25, 0.3) is 38.0 Å². The highest BCUT2D eigenvalue weighted by molar-refractivity contribution is 6.19. The van der Waals surface area contributed by atoms with Gasteiger partial charge in [0.2, 0.25) is 0 Å². The zero-order chi connectivity index (χ0) is 26.2. The van der Waals surface area contributed by atoms with Crippen molar-refractivity contribution in [2.75, 3.05) is 0 Å². The van der Waals surface area contributed by atoms with Crippen LogP contribution in [0.3, 0.4) is 0 Å². The lowest BCUT2D eigenvalue weighted by Crippen LogP contribution is -2.16. The molecule has 4 nitrogen and oxygen atoms in total. The maximum Gasteiger partial charge on any atom is 0.0822 e. The monoisotopic (exact) mass is 501 g/mol. The molecule has 186 valence electrons. The molecular weight excluding hydrogens is 476 g/mol. The molecular formula is C35H25N4-. The molecule has 0 amide bonds. The Hall–Kier alpha value is -5.09. The van der Waals surface area contributed by atoms with E-state index in [4.69, 9.17) is 15.3 Å². The first-order valence-electron chi connectivity index (χ1n) is 13.1. The van der Waals surface area contributed by atoms with Gasteiger partial charge in [-0.05, 0) is 75.0 Å². The molecule has 0 saturated carbocycles. The molecule has 1 atom stereocenters. The van der Waals surface area contributed by atoms with Gasteiger partial charge in [0, 0.05) is 17.5 Å². The second kappa shape index (κ2) is 9.66. The maximum absolute atomic E-state index is 5.07. The molecule has 1 aromatic heterocycles. The van der Waals surface area contributed by atoms with E-state index in [9.17, 15) is 0 Å². The van der Waals surface area contributed by atoms with Crippen LogP contribution >= 0.6 is 0 Å². The number of benzene rings is 5. The van der Waals surface area contributed by atoms with Gasteiger partial charge in [-0.3, -0.25) is 9.98 Å². The fraction of sp³-hybridized carbons (Fsp3) is 0.0571. The van der Waals surface area contributed by atoms with Gasteiger partial charge in [0.05, 0.1) is 12.0 Å². The Morgan fingerprint density at radius 3 is 2.10 bits per heavy atom. The van der Waals surface area contributed by atoms with E-state index in [-0.39, 0.29) is 0 Å². The van der Waals surface area contributed by atoms with E-state index in [1.165, 1.54) is 16.2 Å². The van der Waals surface area contributed by atoms with E-state index in [0.717, 1.165) is 38.9 Å². The summed E-state index contributed by atoms with van der Waals surface area (Å²) in [6, 6.07) is 42.0. The number of aryl methyl sites for hydroxylation is 1. The third-order valence-corrected chi connectivity index (χ3v) is 7.22. The smallest absolute Gasteiger partial charge is 0.0822 e. The minimum Gasteiger partial charge on any atom is -0.438 e. The minimum atomic E-state index is -0.396. The molecule has 39 heavy (non-hydrogen) atoms. The summed E-state index contributed by atoms with van der Waals surface area (Å²) in [5.74, 6) is 1.36.